The van der Waals surface area contributed by atoms with Gasteiger partial charge in [0.05, 0.1) is 0 Å². The highest BCUT2D eigenvalue weighted by Crippen LogP contribution is 2.35. The predicted octanol–water partition coefficient (Wildman–Crippen LogP) is 3.61. The van der Waals surface area contributed by atoms with Crippen molar-refractivity contribution in [2.45, 2.75) is 38.6 Å². The average molecular weight is 312 g/mol. The Hall–Kier alpha value is -2.50. The van der Waals surface area contributed by atoms with Crippen LogP contribution in [0, 0.1) is 6.92 Å². The van der Waals surface area contributed by atoms with Crippen molar-refractivity contribution >= 4 is 17.3 Å². The predicted molar refractivity (Wildman–Crippen MR) is 88.5 cm³/mol. The van der Waals surface area contributed by atoms with Crippen LogP contribution in [-0.2, 0) is 0 Å². The summed E-state index contributed by atoms with van der Waals surface area (Å²) < 4.78 is 10.7. The first-order chi connectivity index (χ1) is 11.3. The van der Waals surface area contributed by atoms with Crippen molar-refractivity contribution in [1.82, 2.24) is 9.97 Å². The fourth-order valence-corrected chi connectivity index (χ4v) is 3.11. The number of hydrogen-bond donors (Lipinski definition) is 2. The van der Waals surface area contributed by atoms with Crippen LogP contribution < -0.4 is 20.1 Å². The maximum absolute atomic E-state index is 5.41. The fraction of sp³-hybridized carbons (Fsp3) is 0.412. The SMILES string of the molecule is Cc1nc(Nc2ccc3c(c2)OCO3)cc(NC2CCCC2)n1. The summed E-state index contributed by atoms with van der Waals surface area (Å²) in [6.07, 6.45) is 5.02. The molecule has 2 aliphatic rings. The average Bonchev–Trinajstić information content (AvgIpc) is 3.17. The monoisotopic (exact) mass is 312 g/mol. The molecular formula is C17H20N4O2. The van der Waals surface area contributed by atoms with Crippen molar-refractivity contribution < 1.29 is 9.47 Å². The van der Waals surface area contributed by atoms with Gasteiger partial charge in [-0.3, -0.25) is 0 Å². The normalized spacial score (nSPS) is 16.6. The maximum atomic E-state index is 5.41. The van der Waals surface area contributed by atoms with Crippen molar-refractivity contribution in [2.75, 3.05) is 17.4 Å². The van der Waals surface area contributed by atoms with E-state index >= 15 is 0 Å². The first kappa shape index (κ1) is 14.1. The summed E-state index contributed by atoms with van der Waals surface area (Å²) in [6.45, 7) is 2.19. The van der Waals surface area contributed by atoms with E-state index in [2.05, 4.69) is 20.6 Å². The summed E-state index contributed by atoms with van der Waals surface area (Å²) in [6, 6.07) is 8.26. The van der Waals surface area contributed by atoms with Crippen LogP contribution in [-0.4, -0.2) is 22.8 Å². The third kappa shape index (κ3) is 3.16. The molecule has 2 aromatic rings. The Morgan fingerprint density at radius 3 is 2.65 bits per heavy atom. The minimum atomic E-state index is 0.279. The molecule has 1 aromatic carbocycles. The Bertz CT molecular complexity index is 714. The van der Waals surface area contributed by atoms with Crippen LogP contribution in [0.2, 0.25) is 0 Å². The number of nitrogens with one attached hydrogen (secondary N) is 2. The molecule has 2 N–H and O–H groups in total. The molecule has 23 heavy (non-hydrogen) atoms. The van der Waals surface area contributed by atoms with Gasteiger partial charge in [0.2, 0.25) is 6.79 Å². The molecule has 0 bridgehead atoms. The van der Waals surface area contributed by atoms with Crippen molar-refractivity contribution in [2.24, 2.45) is 0 Å². The Kier molecular flexibility index (Phi) is 3.65. The molecule has 0 atom stereocenters. The highest BCUT2D eigenvalue weighted by molar-refractivity contribution is 5.63. The second-order valence-corrected chi connectivity index (χ2v) is 6.00. The minimum absolute atomic E-state index is 0.279. The summed E-state index contributed by atoms with van der Waals surface area (Å²) in [5.41, 5.74) is 0.916. The van der Waals surface area contributed by atoms with Gasteiger partial charge in [0.25, 0.3) is 0 Å². The van der Waals surface area contributed by atoms with E-state index in [0.29, 0.717) is 6.04 Å². The molecule has 1 aromatic heterocycles. The Balaban J connectivity index is 1.52. The van der Waals surface area contributed by atoms with E-state index in [9.17, 15) is 0 Å². The smallest absolute Gasteiger partial charge is 0.231 e. The van der Waals surface area contributed by atoms with Gasteiger partial charge in [-0.1, -0.05) is 12.8 Å². The van der Waals surface area contributed by atoms with Gasteiger partial charge in [-0.25, -0.2) is 9.97 Å². The second-order valence-electron chi connectivity index (χ2n) is 6.00. The minimum Gasteiger partial charge on any atom is -0.454 e. The zero-order valence-electron chi connectivity index (χ0n) is 13.1. The lowest BCUT2D eigenvalue weighted by Gasteiger charge is -2.14. The third-order valence-corrected chi connectivity index (χ3v) is 4.19. The van der Waals surface area contributed by atoms with Crippen LogP contribution in [0.4, 0.5) is 17.3 Å². The molecule has 0 amide bonds. The third-order valence-electron chi connectivity index (χ3n) is 4.19. The molecule has 6 nitrogen and oxygen atoms in total. The maximum Gasteiger partial charge on any atom is 0.231 e. The molecule has 0 spiro atoms. The molecule has 120 valence electrons. The molecule has 6 heteroatoms. The number of benzene rings is 1. The molecule has 1 aliphatic heterocycles. The zero-order chi connectivity index (χ0) is 15.6. The number of rotatable bonds is 4. The van der Waals surface area contributed by atoms with E-state index in [1.54, 1.807) is 0 Å². The van der Waals surface area contributed by atoms with Crippen LogP contribution in [0.3, 0.4) is 0 Å². The number of aromatic nitrogens is 2. The van der Waals surface area contributed by atoms with Crippen LogP contribution in [0.25, 0.3) is 0 Å². The van der Waals surface area contributed by atoms with E-state index in [-0.39, 0.29) is 6.79 Å². The molecular weight excluding hydrogens is 292 g/mol. The zero-order valence-corrected chi connectivity index (χ0v) is 13.1. The standard InChI is InChI=1S/C17H20N4O2/c1-11-18-16(20-12-4-2-3-5-12)9-17(19-11)21-13-6-7-14-15(8-13)23-10-22-14/h6-9,12H,2-5,10H2,1H3,(H2,18,19,20,21). The highest BCUT2D eigenvalue weighted by atomic mass is 16.7. The Labute approximate surface area is 135 Å². The van der Waals surface area contributed by atoms with Gasteiger partial charge in [-0.15, -0.1) is 0 Å². The summed E-state index contributed by atoms with van der Waals surface area (Å²) in [5, 5.41) is 6.83. The molecule has 0 saturated heterocycles. The second kappa shape index (κ2) is 5.95. The lowest BCUT2D eigenvalue weighted by Crippen LogP contribution is -2.16. The van der Waals surface area contributed by atoms with Gasteiger partial charge in [-0.2, -0.15) is 0 Å². The molecule has 1 aliphatic carbocycles. The Morgan fingerprint density at radius 2 is 1.78 bits per heavy atom. The number of nitrogens with zero attached hydrogens (tertiary/aromatic N) is 2. The lowest BCUT2D eigenvalue weighted by molar-refractivity contribution is 0.174. The molecule has 1 fully saturated rings. The summed E-state index contributed by atoms with van der Waals surface area (Å²) >= 11 is 0. The van der Waals surface area contributed by atoms with Crippen molar-refractivity contribution in [3.05, 3.63) is 30.1 Å². The first-order valence-corrected chi connectivity index (χ1v) is 8.05. The van der Waals surface area contributed by atoms with Crippen LogP contribution in [0.1, 0.15) is 31.5 Å². The Morgan fingerprint density at radius 1 is 1.00 bits per heavy atom. The van der Waals surface area contributed by atoms with E-state index in [0.717, 1.165) is 34.6 Å². The van der Waals surface area contributed by atoms with Gasteiger partial charge >= 0.3 is 0 Å². The first-order valence-electron chi connectivity index (χ1n) is 8.05. The van der Waals surface area contributed by atoms with Gasteiger partial charge in [0, 0.05) is 23.9 Å². The summed E-state index contributed by atoms with van der Waals surface area (Å²) in [5.74, 6) is 3.93. The summed E-state index contributed by atoms with van der Waals surface area (Å²) in [7, 11) is 0. The molecule has 1 saturated carbocycles. The van der Waals surface area contributed by atoms with Crippen molar-refractivity contribution in [1.29, 1.82) is 0 Å². The van der Waals surface area contributed by atoms with Gasteiger partial charge in [0.1, 0.15) is 17.5 Å². The van der Waals surface area contributed by atoms with Gasteiger partial charge < -0.3 is 20.1 Å². The van der Waals surface area contributed by atoms with E-state index in [1.807, 2.05) is 31.2 Å². The quantitative estimate of drug-likeness (QED) is 0.899. The highest BCUT2D eigenvalue weighted by Gasteiger charge is 2.16. The molecule has 4 rings (SSSR count). The largest absolute Gasteiger partial charge is 0.454 e. The number of fused-ring (bicyclic) bond motifs is 1. The van der Waals surface area contributed by atoms with Crippen LogP contribution in [0.5, 0.6) is 11.5 Å². The number of aryl methyl sites for hydroxylation is 1. The van der Waals surface area contributed by atoms with Gasteiger partial charge in [0.15, 0.2) is 11.5 Å². The molecule has 2 heterocycles. The fourth-order valence-electron chi connectivity index (χ4n) is 3.11. The lowest BCUT2D eigenvalue weighted by atomic mass is 10.2. The van der Waals surface area contributed by atoms with E-state index < -0.39 is 0 Å². The number of ether oxygens (including phenoxy) is 2. The van der Waals surface area contributed by atoms with Crippen molar-refractivity contribution in [3.8, 4) is 11.5 Å². The number of hydrogen-bond acceptors (Lipinski definition) is 6. The van der Waals surface area contributed by atoms with E-state index in [1.165, 1.54) is 25.7 Å². The molecule has 0 unspecified atom stereocenters. The summed E-state index contributed by atoms with van der Waals surface area (Å²) in [4.78, 5) is 8.95. The number of anilines is 3. The topological polar surface area (TPSA) is 68.3 Å². The van der Waals surface area contributed by atoms with Gasteiger partial charge in [-0.05, 0) is 31.9 Å². The molecule has 0 radical (unpaired) electrons. The van der Waals surface area contributed by atoms with Crippen LogP contribution in [0.15, 0.2) is 24.3 Å². The van der Waals surface area contributed by atoms with Crippen LogP contribution >= 0.6 is 0 Å². The van der Waals surface area contributed by atoms with Crippen molar-refractivity contribution in [3.63, 3.8) is 0 Å². The van der Waals surface area contributed by atoms with E-state index in [4.69, 9.17) is 9.47 Å².